The molecule has 76 valence electrons. The molecule has 2 N–H and O–H groups in total. The summed E-state index contributed by atoms with van der Waals surface area (Å²) in [6.45, 7) is 1.47. The predicted molar refractivity (Wildman–Crippen MR) is 60.5 cm³/mol. The van der Waals surface area contributed by atoms with Crippen LogP contribution in [0.4, 0.5) is 0 Å². The van der Waals surface area contributed by atoms with Crippen LogP contribution in [0.3, 0.4) is 0 Å². The standard InChI is InChI=1S/C9H11BrN2OS/c10-7-2-4-14-8(7)9(13)12-3-1-6(11)5-12/h2,4,6H,1,3,5,11H2/t6-/m0/s1. The molecule has 2 heterocycles. The summed E-state index contributed by atoms with van der Waals surface area (Å²) in [6.07, 6.45) is 0.911. The Morgan fingerprint density at radius 1 is 1.71 bits per heavy atom. The van der Waals surface area contributed by atoms with Gasteiger partial charge in [0.25, 0.3) is 5.91 Å². The number of nitrogens with zero attached hydrogens (tertiary/aromatic N) is 1. The normalized spacial score (nSPS) is 21.6. The zero-order chi connectivity index (χ0) is 10.1. The van der Waals surface area contributed by atoms with Crippen molar-refractivity contribution in [2.75, 3.05) is 13.1 Å². The molecule has 0 radical (unpaired) electrons. The van der Waals surface area contributed by atoms with Crippen LogP contribution in [0.25, 0.3) is 0 Å². The van der Waals surface area contributed by atoms with E-state index in [0.717, 1.165) is 22.3 Å². The third-order valence-corrected chi connectivity index (χ3v) is 4.15. The summed E-state index contributed by atoms with van der Waals surface area (Å²) in [7, 11) is 0. The van der Waals surface area contributed by atoms with E-state index in [0.29, 0.717) is 6.54 Å². The van der Waals surface area contributed by atoms with E-state index < -0.39 is 0 Å². The Balaban J connectivity index is 2.13. The quantitative estimate of drug-likeness (QED) is 0.847. The number of halogens is 1. The minimum Gasteiger partial charge on any atom is -0.336 e. The average molecular weight is 275 g/mol. The fourth-order valence-corrected chi connectivity index (χ4v) is 3.07. The van der Waals surface area contributed by atoms with Crippen LogP contribution in [-0.2, 0) is 0 Å². The SMILES string of the molecule is N[C@H]1CCN(C(=O)c2sccc2Br)C1. The van der Waals surface area contributed by atoms with Crippen LogP contribution in [0.1, 0.15) is 16.1 Å². The Morgan fingerprint density at radius 3 is 3.00 bits per heavy atom. The van der Waals surface area contributed by atoms with Gasteiger partial charge >= 0.3 is 0 Å². The van der Waals surface area contributed by atoms with Crippen LogP contribution in [0.15, 0.2) is 15.9 Å². The van der Waals surface area contributed by atoms with Crippen molar-refractivity contribution in [1.82, 2.24) is 4.90 Å². The monoisotopic (exact) mass is 274 g/mol. The molecule has 1 fully saturated rings. The number of nitrogens with two attached hydrogens (primary N) is 1. The first-order valence-electron chi connectivity index (χ1n) is 4.46. The summed E-state index contributed by atoms with van der Waals surface area (Å²) in [5.41, 5.74) is 5.75. The predicted octanol–water partition coefficient (Wildman–Crippen LogP) is 1.68. The van der Waals surface area contributed by atoms with Crippen LogP contribution in [0.2, 0.25) is 0 Å². The van der Waals surface area contributed by atoms with E-state index in [1.807, 2.05) is 16.3 Å². The molecule has 2 rings (SSSR count). The molecule has 1 aliphatic heterocycles. The molecule has 0 aliphatic carbocycles. The molecule has 14 heavy (non-hydrogen) atoms. The van der Waals surface area contributed by atoms with Crippen LogP contribution < -0.4 is 5.73 Å². The smallest absolute Gasteiger partial charge is 0.265 e. The van der Waals surface area contributed by atoms with Gasteiger partial charge in [-0.2, -0.15) is 0 Å². The first-order valence-corrected chi connectivity index (χ1v) is 6.13. The van der Waals surface area contributed by atoms with Crippen molar-refractivity contribution in [1.29, 1.82) is 0 Å². The Kier molecular flexibility index (Phi) is 2.90. The van der Waals surface area contributed by atoms with Gasteiger partial charge in [-0.25, -0.2) is 0 Å². The highest BCUT2D eigenvalue weighted by molar-refractivity contribution is 9.10. The van der Waals surface area contributed by atoms with E-state index in [1.54, 1.807) is 0 Å². The minimum absolute atomic E-state index is 0.0971. The Bertz CT molecular complexity index is 352. The molecule has 0 unspecified atom stereocenters. The number of hydrogen-bond donors (Lipinski definition) is 1. The summed E-state index contributed by atoms with van der Waals surface area (Å²) in [4.78, 5) is 14.5. The molecule has 1 amide bonds. The molecule has 0 spiro atoms. The summed E-state index contributed by atoms with van der Waals surface area (Å²) in [5, 5.41) is 1.91. The highest BCUT2D eigenvalue weighted by atomic mass is 79.9. The second-order valence-corrected chi connectivity index (χ2v) is 5.17. The minimum atomic E-state index is 0.0971. The number of hydrogen-bond acceptors (Lipinski definition) is 3. The van der Waals surface area contributed by atoms with Crippen molar-refractivity contribution in [2.24, 2.45) is 5.73 Å². The van der Waals surface area contributed by atoms with Gasteiger partial charge in [0.05, 0.1) is 0 Å². The van der Waals surface area contributed by atoms with E-state index in [9.17, 15) is 4.79 Å². The molecule has 5 heteroatoms. The lowest BCUT2D eigenvalue weighted by Crippen LogP contribution is -2.31. The van der Waals surface area contributed by atoms with Gasteiger partial charge in [-0.1, -0.05) is 0 Å². The maximum Gasteiger partial charge on any atom is 0.265 e. The summed E-state index contributed by atoms with van der Waals surface area (Å²) < 4.78 is 0.882. The van der Waals surface area contributed by atoms with Crippen molar-refractivity contribution >= 4 is 33.2 Å². The molecule has 0 aromatic carbocycles. The first kappa shape index (κ1) is 10.1. The lowest BCUT2D eigenvalue weighted by molar-refractivity contribution is 0.0795. The maximum atomic E-state index is 11.9. The Hall–Kier alpha value is -0.390. The van der Waals surface area contributed by atoms with E-state index in [-0.39, 0.29) is 11.9 Å². The highest BCUT2D eigenvalue weighted by Crippen LogP contribution is 2.25. The second kappa shape index (κ2) is 4.00. The van der Waals surface area contributed by atoms with Crippen LogP contribution in [-0.4, -0.2) is 29.9 Å². The maximum absolute atomic E-state index is 11.9. The average Bonchev–Trinajstić information content (AvgIpc) is 2.73. The second-order valence-electron chi connectivity index (χ2n) is 3.40. The van der Waals surface area contributed by atoms with Crippen LogP contribution in [0, 0.1) is 0 Å². The fraction of sp³-hybridized carbons (Fsp3) is 0.444. The molecule has 1 aromatic heterocycles. The number of carbonyl (C=O) groups excluding carboxylic acids is 1. The molecule has 1 atom stereocenters. The summed E-state index contributed by atoms with van der Waals surface area (Å²) in [6, 6.07) is 2.05. The van der Waals surface area contributed by atoms with Crippen molar-refractivity contribution < 1.29 is 4.79 Å². The number of amides is 1. The van der Waals surface area contributed by atoms with Gasteiger partial charge in [0.2, 0.25) is 0 Å². The highest BCUT2D eigenvalue weighted by Gasteiger charge is 2.26. The van der Waals surface area contributed by atoms with Gasteiger partial charge in [-0.15, -0.1) is 11.3 Å². The van der Waals surface area contributed by atoms with Crippen LogP contribution in [0.5, 0.6) is 0 Å². The van der Waals surface area contributed by atoms with E-state index in [4.69, 9.17) is 5.73 Å². The molecule has 0 saturated carbocycles. The van der Waals surface area contributed by atoms with Gasteiger partial charge in [-0.3, -0.25) is 4.79 Å². The van der Waals surface area contributed by atoms with Crippen molar-refractivity contribution in [2.45, 2.75) is 12.5 Å². The lowest BCUT2D eigenvalue weighted by Gasteiger charge is -2.14. The Morgan fingerprint density at radius 2 is 2.50 bits per heavy atom. The van der Waals surface area contributed by atoms with Gasteiger partial charge in [0.1, 0.15) is 4.88 Å². The van der Waals surface area contributed by atoms with E-state index >= 15 is 0 Å². The van der Waals surface area contributed by atoms with Crippen molar-refractivity contribution in [3.63, 3.8) is 0 Å². The molecule has 1 aliphatic rings. The third kappa shape index (κ3) is 1.85. The number of thiophene rings is 1. The largest absolute Gasteiger partial charge is 0.336 e. The van der Waals surface area contributed by atoms with Gasteiger partial charge in [-0.05, 0) is 33.8 Å². The molecular weight excluding hydrogens is 264 g/mol. The van der Waals surface area contributed by atoms with Crippen molar-refractivity contribution in [3.8, 4) is 0 Å². The summed E-state index contributed by atoms with van der Waals surface area (Å²) in [5.74, 6) is 0.0971. The van der Waals surface area contributed by atoms with Gasteiger partial charge in [0.15, 0.2) is 0 Å². The number of likely N-dealkylation sites (tertiary alicyclic amines) is 1. The van der Waals surface area contributed by atoms with Crippen LogP contribution >= 0.6 is 27.3 Å². The van der Waals surface area contributed by atoms with E-state index in [2.05, 4.69) is 15.9 Å². The van der Waals surface area contributed by atoms with Gasteiger partial charge < -0.3 is 10.6 Å². The third-order valence-electron chi connectivity index (χ3n) is 2.32. The zero-order valence-electron chi connectivity index (χ0n) is 7.57. The zero-order valence-corrected chi connectivity index (χ0v) is 9.97. The number of carbonyl (C=O) groups is 1. The Labute approximate surface area is 95.0 Å². The molecule has 0 bridgehead atoms. The fourth-order valence-electron chi connectivity index (χ4n) is 1.56. The lowest BCUT2D eigenvalue weighted by atomic mass is 10.3. The summed E-state index contributed by atoms with van der Waals surface area (Å²) >= 11 is 4.83. The topological polar surface area (TPSA) is 46.3 Å². The molecule has 3 nitrogen and oxygen atoms in total. The van der Waals surface area contributed by atoms with Gasteiger partial charge in [0, 0.05) is 23.6 Å². The molecule has 1 aromatic rings. The molecule has 1 saturated heterocycles. The molecular formula is C9H11BrN2OS. The first-order chi connectivity index (χ1) is 6.68. The number of rotatable bonds is 1. The van der Waals surface area contributed by atoms with E-state index in [1.165, 1.54) is 11.3 Å². The van der Waals surface area contributed by atoms with Crippen molar-refractivity contribution in [3.05, 3.63) is 20.8 Å².